The number of carbonyl (C=O) groups is 2. The highest BCUT2D eigenvalue weighted by Crippen LogP contribution is 2.28. The van der Waals surface area contributed by atoms with Crippen LogP contribution < -0.4 is 4.72 Å². The summed E-state index contributed by atoms with van der Waals surface area (Å²) in [5.74, 6) is -4.04. The maximum absolute atomic E-state index is 13.7. The molecule has 33 heavy (non-hydrogen) atoms. The molecular formula is C22H24ClF2N3O4S. The minimum absolute atomic E-state index is 0.00301. The second-order valence-electron chi connectivity index (χ2n) is 8.54. The number of hydrogen-bond acceptors (Lipinski definition) is 4. The lowest BCUT2D eigenvalue weighted by atomic mass is 10.1. The van der Waals surface area contributed by atoms with Crippen molar-refractivity contribution in [2.45, 2.75) is 49.1 Å². The second-order valence-corrected chi connectivity index (χ2v) is 10.7. The molecule has 2 atom stereocenters. The molecule has 0 bridgehead atoms. The van der Waals surface area contributed by atoms with E-state index in [1.54, 1.807) is 24.3 Å². The smallest absolute Gasteiger partial charge is 0.265 e. The molecule has 0 radical (unpaired) electrons. The second kappa shape index (κ2) is 8.81. The van der Waals surface area contributed by atoms with Crippen LogP contribution in [-0.4, -0.2) is 67.7 Å². The molecule has 0 saturated carbocycles. The van der Waals surface area contributed by atoms with E-state index in [9.17, 15) is 26.8 Å². The fourth-order valence-electron chi connectivity index (χ4n) is 4.36. The average molecular weight is 500 g/mol. The van der Waals surface area contributed by atoms with Gasteiger partial charge in [0.1, 0.15) is 12.1 Å². The third-order valence-electron chi connectivity index (χ3n) is 6.15. The highest BCUT2D eigenvalue weighted by atomic mass is 35.5. The highest BCUT2D eigenvalue weighted by Gasteiger charge is 2.43. The van der Waals surface area contributed by atoms with Crippen LogP contribution in [0, 0.1) is 0 Å². The summed E-state index contributed by atoms with van der Waals surface area (Å²) in [6.07, 6.45) is 0.105. The molecule has 11 heteroatoms. The highest BCUT2D eigenvalue weighted by molar-refractivity contribution is 7.89. The van der Waals surface area contributed by atoms with Crippen molar-refractivity contribution in [3.63, 3.8) is 0 Å². The number of sulfonamides is 1. The lowest BCUT2D eigenvalue weighted by molar-refractivity contribution is -0.150. The Morgan fingerprint density at radius 1 is 1.18 bits per heavy atom. The molecule has 0 aliphatic carbocycles. The normalized spacial score (nSPS) is 22.1. The zero-order valence-electron chi connectivity index (χ0n) is 17.9. The summed E-state index contributed by atoms with van der Waals surface area (Å²) in [4.78, 5) is 28.0. The first-order valence-corrected chi connectivity index (χ1v) is 12.5. The van der Waals surface area contributed by atoms with E-state index < -0.39 is 46.4 Å². The summed E-state index contributed by atoms with van der Waals surface area (Å²) in [6.45, 7) is 1.18. The van der Waals surface area contributed by atoms with Crippen molar-refractivity contribution in [3.05, 3.63) is 41.4 Å². The number of halogens is 3. The monoisotopic (exact) mass is 499 g/mol. The van der Waals surface area contributed by atoms with Crippen molar-refractivity contribution < 1.29 is 26.8 Å². The zero-order valence-corrected chi connectivity index (χ0v) is 19.5. The van der Waals surface area contributed by atoms with Crippen molar-refractivity contribution in [1.82, 2.24) is 14.5 Å². The van der Waals surface area contributed by atoms with Gasteiger partial charge in [0.2, 0.25) is 21.8 Å². The van der Waals surface area contributed by atoms with Gasteiger partial charge in [-0.25, -0.2) is 17.2 Å². The van der Waals surface area contributed by atoms with Gasteiger partial charge in [-0.3, -0.25) is 9.59 Å². The van der Waals surface area contributed by atoms with E-state index in [1.165, 1.54) is 24.0 Å². The van der Waals surface area contributed by atoms with Gasteiger partial charge in [0.25, 0.3) is 5.92 Å². The molecular weight excluding hydrogens is 476 g/mol. The third kappa shape index (κ3) is 4.97. The Balaban J connectivity index is 1.45. The molecule has 2 aliphatic rings. The van der Waals surface area contributed by atoms with Crippen molar-refractivity contribution >= 4 is 44.2 Å². The van der Waals surface area contributed by atoms with Gasteiger partial charge in [0, 0.05) is 24.5 Å². The Labute approximate surface area is 195 Å². The first-order chi connectivity index (χ1) is 15.5. The Bertz CT molecular complexity index is 1210. The third-order valence-corrected chi connectivity index (χ3v) is 7.86. The van der Waals surface area contributed by atoms with Gasteiger partial charge in [-0.1, -0.05) is 23.7 Å². The van der Waals surface area contributed by atoms with Crippen LogP contribution >= 0.6 is 11.6 Å². The molecule has 2 aromatic rings. The standard InChI is InChI=1S/C22H24ClF2N3O4S/c1-14(20(29)27-9-2-8-22(24,25)13-27)28-10-7-19(21(28)30)26-33(31,32)18-6-4-15-11-17(23)5-3-16(15)12-18/h3-6,11-12,14,19,26H,2,7-10,13H2,1H3/t14-,19?/m0/s1. The number of benzene rings is 2. The topological polar surface area (TPSA) is 86.8 Å². The van der Waals surface area contributed by atoms with Gasteiger partial charge >= 0.3 is 0 Å². The quantitative estimate of drug-likeness (QED) is 0.685. The van der Waals surface area contributed by atoms with Crippen LogP contribution in [-0.2, 0) is 19.6 Å². The van der Waals surface area contributed by atoms with Gasteiger partial charge in [-0.2, -0.15) is 4.72 Å². The number of piperidine rings is 1. The summed E-state index contributed by atoms with van der Waals surface area (Å²) in [7, 11) is -4.01. The van der Waals surface area contributed by atoms with E-state index in [4.69, 9.17) is 11.6 Å². The minimum Gasteiger partial charge on any atom is -0.335 e. The number of rotatable bonds is 5. The van der Waals surface area contributed by atoms with Crippen molar-refractivity contribution in [1.29, 1.82) is 0 Å². The van der Waals surface area contributed by atoms with E-state index >= 15 is 0 Å². The van der Waals surface area contributed by atoms with Crippen LogP contribution in [0.1, 0.15) is 26.2 Å². The van der Waals surface area contributed by atoms with Gasteiger partial charge in [0.05, 0.1) is 11.4 Å². The maximum atomic E-state index is 13.7. The van der Waals surface area contributed by atoms with E-state index in [0.717, 1.165) is 10.3 Å². The predicted octanol–water partition coefficient (Wildman–Crippen LogP) is 3.02. The van der Waals surface area contributed by atoms with Gasteiger partial charge in [-0.15, -0.1) is 0 Å². The lowest BCUT2D eigenvalue weighted by Crippen LogP contribution is -2.54. The molecule has 2 fully saturated rings. The Kier molecular flexibility index (Phi) is 6.36. The number of hydrogen-bond donors (Lipinski definition) is 1. The lowest BCUT2D eigenvalue weighted by Gasteiger charge is -2.36. The summed E-state index contributed by atoms with van der Waals surface area (Å²) >= 11 is 5.97. The van der Waals surface area contributed by atoms with Crippen LogP contribution in [0.15, 0.2) is 41.3 Å². The fraction of sp³-hybridized carbons (Fsp3) is 0.455. The predicted molar refractivity (Wildman–Crippen MR) is 120 cm³/mol. The van der Waals surface area contributed by atoms with E-state index in [-0.39, 0.29) is 37.2 Å². The Hall–Kier alpha value is -2.30. The van der Waals surface area contributed by atoms with E-state index in [0.29, 0.717) is 10.4 Å². The Morgan fingerprint density at radius 3 is 2.61 bits per heavy atom. The molecule has 178 valence electrons. The van der Waals surface area contributed by atoms with Crippen LogP contribution in [0.4, 0.5) is 8.78 Å². The number of nitrogens with zero attached hydrogens (tertiary/aromatic N) is 2. The number of alkyl halides is 2. The molecule has 1 unspecified atom stereocenters. The molecule has 1 N–H and O–H groups in total. The van der Waals surface area contributed by atoms with Crippen molar-refractivity contribution in [3.8, 4) is 0 Å². The minimum atomic E-state index is -4.01. The number of nitrogens with one attached hydrogen (secondary N) is 1. The van der Waals surface area contributed by atoms with Crippen molar-refractivity contribution in [2.24, 2.45) is 0 Å². The summed E-state index contributed by atoms with van der Waals surface area (Å²) < 4.78 is 55.6. The summed E-state index contributed by atoms with van der Waals surface area (Å²) in [5, 5.41) is 1.99. The molecule has 7 nitrogen and oxygen atoms in total. The van der Waals surface area contributed by atoms with Crippen LogP contribution in [0.2, 0.25) is 5.02 Å². The summed E-state index contributed by atoms with van der Waals surface area (Å²) in [6, 6.07) is 7.65. The molecule has 2 saturated heterocycles. The van der Waals surface area contributed by atoms with Gasteiger partial charge in [0.15, 0.2) is 0 Å². The zero-order chi connectivity index (χ0) is 24.0. The first-order valence-electron chi connectivity index (χ1n) is 10.7. The first kappa shape index (κ1) is 23.8. The maximum Gasteiger partial charge on any atom is 0.265 e. The average Bonchev–Trinajstić information content (AvgIpc) is 3.11. The summed E-state index contributed by atoms with van der Waals surface area (Å²) in [5.41, 5.74) is 0. The van der Waals surface area contributed by atoms with Crippen LogP contribution in [0.3, 0.4) is 0 Å². The number of likely N-dealkylation sites (tertiary alicyclic amines) is 2. The number of amides is 2. The molecule has 2 amide bonds. The fourth-order valence-corrected chi connectivity index (χ4v) is 5.80. The largest absolute Gasteiger partial charge is 0.335 e. The van der Waals surface area contributed by atoms with Gasteiger partial charge in [-0.05, 0) is 54.8 Å². The molecule has 4 rings (SSSR count). The van der Waals surface area contributed by atoms with E-state index in [2.05, 4.69) is 4.72 Å². The number of fused-ring (bicyclic) bond motifs is 1. The van der Waals surface area contributed by atoms with Crippen LogP contribution in [0.25, 0.3) is 10.8 Å². The van der Waals surface area contributed by atoms with Gasteiger partial charge < -0.3 is 9.80 Å². The number of carbonyl (C=O) groups excluding carboxylic acids is 2. The molecule has 2 heterocycles. The molecule has 0 aromatic heterocycles. The Morgan fingerprint density at radius 2 is 1.88 bits per heavy atom. The molecule has 0 spiro atoms. The molecule has 2 aliphatic heterocycles. The SMILES string of the molecule is C[C@@H](C(=O)N1CCCC(F)(F)C1)N1CCC(NS(=O)(=O)c2ccc3cc(Cl)ccc3c2)C1=O. The van der Waals surface area contributed by atoms with Crippen molar-refractivity contribution in [2.75, 3.05) is 19.6 Å². The molecule has 2 aromatic carbocycles. The van der Waals surface area contributed by atoms with Crippen LogP contribution in [0.5, 0.6) is 0 Å². The van der Waals surface area contributed by atoms with E-state index in [1.807, 2.05) is 0 Å².